The number of hydrogen-bond donors (Lipinski definition) is 1. The molecule has 2 amide bonds. The van der Waals surface area contributed by atoms with Crippen LogP contribution >= 0.6 is 0 Å². The maximum atomic E-state index is 13.0. The van der Waals surface area contributed by atoms with Crippen LogP contribution in [0.5, 0.6) is 0 Å². The largest absolute Gasteiger partial charge is 0.365 e. The zero-order chi connectivity index (χ0) is 21.3. The number of nitro groups is 1. The fourth-order valence-electron chi connectivity index (χ4n) is 3.98. The lowest BCUT2D eigenvalue weighted by Crippen LogP contribution is -2.40. The van der Waals surface area contributed by atoms with Crippen LogP contribution in [0, 0.1) is 23.0 Å². The number of benzene rings is 1. The molecule has 0 radical (unpaired) electrons. The number of amides is 2. The summed E-state index contributed by atoms with van der Waals surface area (Å²) >= 11 is 0. The van der Waals surface area contributed by atoms with Crippen LogP contribution in [0.1, 0.15) is 18.4 Å². The summed E-state index contributed by atoms with van der Waals surface area (Å²) in [7, 11) is 0. The number of aromatic nitrogens is 1. The summed E-state index contributed by atoms with van der Waals surface area (Å²) in [6.45, 7) is 3.58. The molecule has 2 aliphatic heterocycles. The molecule has 2 unspecified atom stereocenters. The van der Waals surface area contributed by atoms with Crippen LogP contribution in [0.15, 0.2) is 42.6 Å². The molecule has 0 spiro atoms. The highest BCUT2D eigenvalue weighted by molar-refractivity contribution is 6.09. The van der Waals surface area contributed by atoms with Gasteiger partial charge >= 0.3 is 0 Å². The van der Waals surface area contributed by atoms with Crippen LogP contribution in [0.4, 0.5) is 17.2 Å². The highest BCUT2D eigenvalue weighted by atomic mass is 16.6. The molecule has 2 atom stereocenters. The van der Waals surface area contributed by atoms with Gasteiger partial charge in [-0.15, -0.1) is 0 Å². The molecule has 1 aromatic carbocycles. The van der Waals surface area contributed by atoms with E-state index >= 15 is 0 Å². The lowest BCUT2D eigenvalue weighted by atomic mass is 10.1. The zero-order valence-electron chi connectivity index (χ0n) is 16.7. The van der Waals surface area contributed by atoms with Gasteiger partial charge < -0.3 is 15.1 Å². The summed E-state index contributed by atoms with van der Waals surface area (Å²) in [5.41, 5.74) is 1.88. The van der Waals surface area contributed by atoms with Gasteiger partial charge in [-0.1, -0.05) is 17.7 Å². The molecule has 4 rings (SSSR count). The number of likely N-dealkylation sites (tertiary alicyclic amines) is 1. The normalized spacial score (nSPS) is 21.2. The summed E-state index contributed by atoms with van der Waals surface area (Å²) in [5, 5.41) is 13.9. The number of anilines is 2. The third-order valence-electron chi connectivity index (χ3n) is 5.66. The average molecular weight is 409 g/mol. The Hall–Kier alpha value is -3.49. The van der Waals surface area contributed by atoms with Crippen molar-refractivity contribution in [2.75, 3.05) is 29.9 Å². The molecule has 1 N–H and O–H groups in total. The summed E-state index contributed by atoms with van der Waals surface area (Å²) in [5.74, 6) is -0.377. The van der Waals surface area contributed by atoms with Crippen molar-refractivity contribution in [2.24, 2.45) is 5.92 Å². The minimum absolute atomic E-state index is 0.00684. The van der Waals surface area contributed by atoms with Crippen molar-refractivity contribution in [2.45, 2.75) is 25.8 Å². The van der Waals surface area contributed by atoms with E-state index in [0.717, 1.165) is 17.7 Å². The van der Waals surface area contributed by atoms with Gasteiger partial charge in [0.2, 0.25) is 11.8 Å². The Balaban J connectivity index is 1.35. The van der Waals surface area contributed by atoms with E-state index in [0.29, 0.717) is 31.9 Å². The number of nitrogens with zero attached hydrogens (tertiary/aromatic N) is 4. The van der Waals surface area contributed by atoms with Crippen LogP contribution in [0.25, 0.3) is 0 Å². The fraction of sp³-hybridized carbons (Fsp3) is 0.381. The predicted molar refractivity (Wildman–Crippen MR) is 111 cm³/mol. The van der Waals surface area contributed by atoms with E-state index in [9.17, 15) is 19.7 Å². The Morgan fingerprint density at radius 1 is 1.17 bits per heavy atom. The van der Waals surface area contributed by atoms with Gasteiger partial charge in [0.05, 0.1) is 4.92 Å². The summed E-state index contributed by atoms with van der Waals surface area (Å²) < 4.78 is 0. The van der Waals surface area contributed by atoms with Gasteiger partial charge in [-0.2, -0.15) is 0 Å². The molecule has 30 heavy (non-hydrogen) atoms. The number of rotatable bonds is 5. The van der Waals surface area contributed by atoms with Crippen LogP contribution < -0.4 is 10.2 Å². The lowest BCUT2D eigenvalue weighted by molar-refractivity contribution is -0.385. The number of aryl methyl sites for hydroxylation is 1. The van der Waals surface area contributed by atoms with Gasteiger partial charge in [0.1, 0.15) is 17.9 Å². The van der Waals surface area contributed by atoms with E-state index in [1.807, 2.05) is 31.2 Å². The second-order valence-corrected chi connectivity index (χ2v) is 7.74. The fourth-order valence-corrected chi connectivity index (χ4v) is 3.98. The Kier molecular flexibility index (Phi) is 5.35. The number of pyridine rings is 1. The van der Waals surface area contributed by atoms with Crippen molar-refractivity contribution in [3.05, 3.63) is 58.3 Å². The van der Waals surface area contributed by atoms with Crippen LogP contribution in [0.3, 0.4) is 0 Å². The molecule has 156 valence electrons. The molecular formula is C21H23N5O4. The van der Waals surface area contributed by atoms with Gasteiger partial charge in [0, 0.05) is 37.4 Å². The molecule has 1 aromatic heterocycles. The monoisotopic (exact) mass is 409 g/mol. The first-order chi connectivity index (χ1) is 14.4. The zero-order valence-corrected chi connectivity index (χ0v) is 16.7. The lowest BCUT2D eigenvalue weighted by Gasteiger charge is -2.21. The Labute approximate surface area is 173 Å². The molecule has 2 fully saturated rings. The Morgan fingerprint density at radius 2 is 1.93 bits per heavy atom. The van der Waals surface area contributed by atoms with Gasteiger partial charge in [0.25, 0.3) is 5.69 Å². The van der Waals surface area contributed by atoms with E-state index in [4.69, 9.17) is 0 Å². The van der Waals surface area contributed by atoms with Crippen LogP contribution in [-0.4, -0.2) is 52.3 Å². The van der Waals surface area contributed by atoms with Gasteiger partial charge in [-0.25, -0.2) is 4.98 Å². The van der Waals surface area contributed by atoms with E-state index in [2.05, 4.69) is 10.3 Å². The summed E-state index contributed by atoms with van der Waals surface area (Å²) in [4.78, 5) is 43.5. The smallest absolute Gasteiger partial charge is 0.287 e. The molecule has 2 aromatic rings. The molecule has 3 heterocycles. The number of nitrogens with one attached hydrogen (secondary N) is 1. The second kappa shape index (κ2) is 8.10. The van der Waals surface area contributed by atoms with Crippen molar-refractivity contribution < 1.29 is 14.5 Å². The van der Waals surface area contributed by atoms with Crippen molar-refractivity contribution in [1.82, 2.24) is 9.88 Å². The van der Waals surface area contributed by atoms with E-state index in [-0.39, 0.29) is 23.5 Å². The molecule has 9 heteroatoms. The number of carbonyl (C=O) groups excluding carboxylic acids is 2. The van der Waals surface area contributed by atoms with E-state index < -0.39 is 10.8 Å². The first-order valence-corrected chi connectivity index (χ1v) is 9.96. The quantitative estimate of drug-likeness (QED) is 0.461. The molecule has 2 aliphatic rings. The van der Waals surface area contributed by atoms with Crippen LogP contribution in [0.2, 0.25) is 0 Å². The highest BCUT2D eigenvalue weighted by Crippen LogP contribution is 2.28. The van der Waals surface area contributed by atoms with Gasteiger partial charge in [-0.05, 0) is 38.0 Å². The number of hydrogen-bond acceptors (Lipinski definition) is 6. The van der Waals surface area contributed by atoms with E-state index in [1.165, 1.54) is 12.3 Å². The highest BCUT2D eigenvalue weighted by Gasteiger charge is 2.41. The molecule has 9 nitrogen and oxygen atoms in total. The standard InChI is InChI=1S/C21H23N5O4/c1-14-2-4-16(5-3-14)25-11-9-18(21(25)28)20(27)24-10-8-15(13-24)23-19-7-6-17(12-22-19)26(29)30/h2-7,12,15,18H,8-11,13H2,1H3,(H,22,23). The molecule has 2 saturated heterocycles. The predicted octanol–water partition coefficient (Wildman–Crippen LogP) is 2.36. The molecule has 0 saturated carbocycles. The SMILES string of the molecule is Cc1ccc(N2CCC(C(=O)N3CCC(Nc4ccc([N+](=O)[O-])cn4)C3)C2=O)cc1. The molecule has 0 aliphatic carbocycles. The van der Waals surface area contributed by atoms with Crippen LogP contribution in [-0.2, 0) is 9.59 Å². The summed E-state index contributed by atoms with van der Waals surface area (Å²) in [6.07, 6.45) is 2.45. The minimum atomic E-state index is -0.637. The maximum Gasteiger partial charge on any atom is 0.287 e. The Morgan fingerprint density at radius 3 is 2.60 bits per heavy atom. The van der Waals surface area contributed by atoms with E-state index in [1.54, 1.807) is 15.9 Å². The molecular weight excluding hydrogens is 386 g/mol. The average Bonchev–Trinajstić information content (AvgIpc) is 3.35. The van der Waals surface area contributed by atoms with Crippen molar-refractivity contribution in [3.63, 3.8) is 0 Å². The van der Waals surface area contributed by atoms with Crippen molar-refractivity contribution in [3.8, 4) is 0 Å². The maximum absolute atomic E-state index is 13.0. The second-order valence-electron chi connectivity index (χ2n) is 7.74. The summed E-state index contributed by atoms with van der Waals surface area (Å²) in [6, 6.07) is 10.7. The minimum Gasteiger partial charge on any atom is -0.365 e. The van der Waals surface area contributed by atoms with Crippen molar-refractivity contribution in [1.29, 1.82) is 0 Å². The first-order valence-electron chi connectivity index (χ1n) is 9.96. The Bertz CT molecular complexity index is 960. The van der Waals surface area contributed by atoms with Crippen molar-refractivity contribution >= 4 is 29.0 Å². The van der Waals surface area contributed by atoms with Gasteiger partial charge in [0.15, 0.2) is 0 Å². The topological polar surface area (TPSA) is 109 Å². The number of carbonyl (C=O) groups is 2. The third-order valence-corrected chi connectivity index (χ3v) is 5.66. The first kappa shape index (κ1) is 19.8. The third kappa shape index (κ3) is 3.96. The van der Waals surface area contributed by atoms with Gasteiger partial charge in [-0.3, -0.25) is 19.7 Å². The molecule has 0 bridgehead atoms.